The Hall–Kier alpha value is -2.31. The second-order valence-electron chi connectivity index (χ2n) is 6.51. The number of carbonyl (C=O) groups excluding carboxylic acids is 1. The van der Waals surface area contributed by atoms with E-state index >= 15 is 0 Å². The van der Waals surface area contributed by atoms with Crippen LogP contribution in [0.3, 0.4) is 0 Å². The van der Waals surface area contributed by atoms with E-state index < -0.39 is 0 Å². The van der Waals surface area contributed by atoms with Crippen LogP contribution in [0.25, 0.3) is 0 Å². The monoisotopic (exact) mass is 427 g/mol. The number of ether oxygens (including phenoxy) is 2. The Morgan fingerprint density at radius 1 is 1.14 bits per heavy atom. The molecule has 1 heterocycles. The minimum Gasteiger partial charge on any atom is -0.497 e. The molecule has 1 aliphatic heterocycles. The zero-order chi connectivity index (χ0) is 18.5. The number of methoxy groups -OCH3 is 2. The van der Waals surface area contributed by atoms with E-state index in [2.05, 4.69) is 10.2 Å². The van der Waals surface area contributed by atoms with Crippen LogP contribution in [-0.4, -0.2) is 39.8 Å². The lowest BCUT2D eigenvalue weighted by molar-refractivity contribution is 0.0948. The van der Waals surface area contributed by atoms with Gasteiger partial charge >= 0.3 is 0 Å². The maximum atomic E-state index is 12.3. The van der Waals surface area contributed by atoms with Crippen molar-refractivity contribution >= 4 is 42.1 Å². The molecule has 1 amide bonds. The zero-order valence-electron chi connectivity index (χ0n) is 16.0. The molecule has 2 aromatic carbocycles. The van der Waals surface area contributed by atoms with Crippen LogP contribution >= 0.6 is 24.8 Å². The summed E-state index contributed by atoms with van der Waals surface area (Å²) >= 11 is 0. The van der Waals surface area contributed by atoms with Crippen molar-refractivity contribution in [3.05, 3.63) is 48.0 Å². The van der Waals surface area contributed by atoms with Crippen LogP contribution in [0.15, 0.2) is 42.5 Å². The Balaban J connectivity index is 0.00000196. The van der Waals surface area contributed by atoms with Gasteiger partial charge in [0.2, 0.25) is 0 Å². The number of nitrogens with zero attached hydrogens (tertiary/aromatic N) is 1. The average Bonchev–Trinajstić information content (AvgIpc) is 3.14. The van der Waals surface area contributed by atoms with Gasteiger partial charge in [0.15, 0.2) is 0 Å². The molecule has 0 aromatic heterocycles. The first kappa shape index (κ1) is 23.7. The average molecular weight is 428 g/mol. The number of amides is 1. The standard InChI is InChI=1S/C20H25N3O3.2ClH/c1-25-18-9-17(10-19(11-18)26-2)23-7-6-14(13-23)12-22-20(24)15-4-3-5-16(21)8-15;;/h3-5,8-11,14H,6-7,12-13,21H2,1-2H3,(H,22,24);2*1H. The zero-order valence-corrected chi connectivity index (χ0v) is 17.6. The third-order valence-corrected chi connectivity index (χ3v) is 4.69. The van der Waals surface area contributed by atoms with Gasteiger partial charge in [0, 0.05) is 54.8 Å². The number of hydrogen-bond acceptors (Lipinski definition) is 5. The number of halogens is 2. The van der Waals surface area contributed by atoms with Gasteiger partial charge < -0.3 is 25.4 Å². The number of nitrogens with two attached hydrogens (primary N) is 1. The lowest BCUT2D eigenvalue weighted by Gasteiger charge is -2.20. The fourth-order valence-corrected chi connectivity index (χ4v) is 3.23. The summed E-state index contributed by atoms with van der Waals surface area (Å²) in [5.74, 6) is 1.87. The fraction of sp³-hybridized carbons (Fsp3) is 0.350. The largest absolute Gasteiger partial charge is 0.497 e. The summed E-state index contributed by atoms with van der Waals surface area (Å²) in [6, 6.07) is 12.9. The molecule has 1 saturated heterocycles. The number of nitrogen functional groups attached to an aromatic ring is 1. The predicted molar refractivity (Wildman–Crippen MR) is 118 cm³/mol. The number of anilines is 2. The quantitative estimate of drug-likeness (QED) is 0.690. The minimum absolute atomic E-state index is 0. The molecule has 3 rings (SSSR count). The highest BCUT2D eigenvalue weighted by atomic mass is 35.5. The first-order chi connectivity index (χ1) is 12.6. The third-order valence-electron chi connectivity index (χ3n) is 4.69. The van der Waals surface area contributed by atoms with Gasteiger partial charge in [0.25, 0.3) is 5.91 Å². The van der Waals surface area contributed by atoms with Crippen molar-refractivity contribution in [2.45, 2.75) is 6.42 Å². The van der Waals surface area contributed by atoms with Gasteiger partial charge in [0.05, 0.1) is 14.2 Å². The molecule has 3 N–H and O–H groups in total. The lowest BCUT2D eigenvalue weighted by atomic mass is 10.1. The summed E-state index contributed by atoms with van der Waals surface area (Å²) in [6.45, 7) is 2.47. The Bertz CT molecular complexity index is 767. The summed E-state index contributed by atoms with van der Waals surface area (Å²) in [5, 5.41) is 3.01. The van der Waals surface area contributed by atoms with Crippen LogP contribution in [0.2, 0.25) is 0 Å². The van der Waals surface area contributed by atoms with Crippen molar-refractivity contribution < 1.29 is 14.3 Å². The molecule has 0 aliphatic carbocycles. The van der Waals surface area contributed by atoms with Crippen LogP contribution in [-0.2, 0) is 0 Å². The van der Waals surface area contributed by atoms with Gasteiger partial charge in [-0.25, -0.2) is 0 Å². The van der Waals surface area contributed by atoms with E-state index in [0.717, 1.165) is 36.7 Å². The van der Waals surface area contributed by atoms with Crippen molar-refractivity contribution in [1.82, 2.24) is 5.32 Å². The highest BCUT2D eigenvalue weighted by Crippen LogP contribution is 2.31. The molecule has 0 spiro atoms. The van der Waals surface area contributed by atoms with Crippen LogP contribution < -0.4 is 25.4 Å². The number of carbonyl (C=O) groups is 1. The van der Waals surface area contributed by atoms with Crippen LogP contribution in [0, 0.1) is 5.92 Å². The van der Waals surface area contributed by atoms with Crippen molar-refractivity contribution in [2.24, 2.45) is 5.92 Å². The smallest absolute Gasteiger partial charge is 0.251 e. The number of rotatable bonds is 6. The van der Waals surface area contributed by atoms with Crippen molar-refractivity contribution in [3.63, 3.8) is 0 Å². The van der Waals surface area contributed by atoms with Crippen molar-refractivity contribution in [3.8, 4) is 11.5 Å². The molecule has 1 atom stereocenters. The van der Waals surface area contributed by atoms with E-state index in [1.807, 2.05) is 18.2 Å². The van der Waals surface area contributed by atoms with Crippen molar-refractivity contribution in [1.29, 1.82) is 0 Å². The minimum atomic E-state index is -0.0844. The molecular weight excluding hydrogens is 401 g/mol. The first-order valence-electron chi connectivity index (χ1n) is 8.71. The summed E-state index contributed by atoms with van der Waals surface area (Å²) < 4.78 is 10.7. The molecule has 2 aromatic rings. The van der Waals surface area contributed by atoms with Gasteiger partial charge in [-0.2, -0.15) is 0 Å². The molecule has 0 saturated carbocycles. The third kappa shape index (κ3) is 5.84. The Kier molecular flexibility index (Phi) is 9.22. The highest BCUT2D eigenvalue weighted by Gasteiger charge is 2.24. The molecule has 1 aliphatic rings. The topological polar surface area (TPSA) is 76.8 Å². The Morgan fingerprint density at radius 3 is 2.43 bits per heavy atom. The van der Waals surface area contributed by atoms with E-state index in [-0.39, 0.29) is 30.7 Å². The predicted octanol–water partition coefficient (Wildman–Crippen LogP) is 3.39. The SMILES string of the molecule is COc1cc(OC)cc(N2CCC(CNC(=O)c3cccc(N)c3)C2)c1.Cl.Cl. The maximum absolute atomic E-state index is 12.3. The molecule has 154 valence electrons. The van der Waals surface area contributed by atoms with Gasteiger partial charge in [0.1, 0.15) is 11.5 Å². The molecule has 6 nitrogen and oxygen atoms in total. The summed E-state index contributed by atoms with van der Waals surface area (Å²) in [4.78, 5) is 14.6. The van der Waals surface area contributed by atoms with E-state index in [1.54, 1.807) is 38.5 Å². The van der Waals surface area contributed by atoms with Crippen LogP contribution in [0.5, 0.6) is 11.5 Å². The summed E-state index contributed by atoms with van der Waals surface area (Å²) in [6.07, 6.45) is 1.02. The Labute approximate surface area is 178 Å². The highest BCUT2D eigenvalue weighted by molar-refractivity contribution is 5.95. The molecule has 0 radical (unpaired) electrons. The molecule has 0 bridgehead atoms. The van der Waals surface area contributed by atoms with E-state index in [1.165, 1.54) is 0 Å². The van der Waals surface area contributed by atoms with E-state index in [9.17, 15) is 4.79 Å². The van der Waals surface area contributed by atoms with Gasteiger partial charge in [-0.3, -0.25) is 4.79 Å². The molecular formula is C20H27Cl2N3O3. The fourth-order valence-electron chi connectivity index (χ4n) is 3.23. The summed E-state index contributed by atoms with van der Waals surface area (Å²) in [7, 11) is 3.30. The van der Waals surface area contributed by atoms with Crippen molar-refractivity contribution in [2.75, 3.05) is 44.5 Å². The maximum Gasteiger partial charge on any atom is 0.251 e. The van der Waals surface area contributed by atoms with Gasteiger partial charge in [-0.1, -0.05) is 6.07 Å². The number of hydrogen-bond donors (Lipinski definition) is 2. The molecule has 1 unspecified atom stereocenters. The molecule has 1 fully saturated rings. The van der Waals surface area contributed by atoms with Gasteiger partial charge in [-0.15, -0.1) is 24.8 Å². The Morgan fingerprint density at radius 2 is 1.82 bits per heavy atom. The van der Waals surface area contributed by atoms with Gasteiger partial charge in [-0.05, 0) is 30.5 Å². The lowest BCUT2D eigenvalue weighted by Crippen LogP contribution is -2.31. The van der Waals surface area contributed by atoms with Crippen LogP contribution in [0.1, 0.15) is 16.8 Å². The summed E-state index contributed by atoms with van der Waals surface area (Å²) in [5.41, 5.74) is 8.00. The van der Waals surface area contributed by atoms with Crippen LogP contribution in [0.4, 0.5) is 11.4 Å². The number of nitrogens with one attached hydrogen (secondary N) is 1. The second kappa shape index (κ2) is 10.9. The molecule has 8 heteroatoms. The first-order valence-corrected chi connectivity index (χ1v) is 8.71. The number of benzene rings is 2. The van der Waals surface area contributed by atoms with E-state index in [4.69, 9.17) is 15.2 Å². The normalized spacial score (nSPS) is 15.2. The second-order valence-corrected chi connectivity index (χ2v) is 6.51. The van der Waals surface area contributed by atoms with E-state index in [0.29, 0.717) is 23.7 Å². The molecule has 28 heavy (non-hydrogen) atoms.